The summed E-state index contributed by atoms with van der Waals surface area (Å²) in [5.41, 5.74) is 10.3. The van der Waals surface area contributed by atoms with Gasteiger partial charge in [0, 0.05) is 58.3 Å². The Kier molecular flexibility index (Phi) is 7.75. The molecule has 0 spiro atoms. The SMILES string of the molecule is CCc1c(C)c2cc3nc(cc4nc5c(c6[n-]c(cc1[n-]2)c(C)c6C(=O)OC)C(=O)CC[C@H]5[C@@H]4C)C(C)C3CC.[Ni+2]. The molecule has 0 aromatic carbocycles. The first-order valence-corrected chi connectivity index (χ1v) is 14.5. The number of aryl methyl sites for hydroxylation is 3. The molecule has 3 aromatic rings. The number of rotatable bonds is 3. The van der Waals surface area contributed by atoms with Gasteiger partial charge in [-0.05, 0) is 39.2 Å². The zero-order chi connectivity index (χ0) is 28.5. The van der Waals surface area contributed by atoms with Gasteiger partial charge in [-0.25, -0.2) is 4.79 Å². The molecule has 2 unspecified atom stereocenters. The van der Waals surface area contributed by atoms with E-state index in [1.807, 2.05) is 13.0 Å². The van der Waals surface area contributed by atoms with Crippen molar-refractivity contribution in [1.82, 2.24) is 19.9 Å². The fraction of sp³-hybridized carbons (Fsp3) is 0.455. The number of esters is 1. The first-order valence-electron chi connectivity index (χ1n) is 14.5. The number of carbonyl (C=O) groups is 2. The minimum Gasteiger partial charge on any atom is -0.657 e. The van der Waals surface area contributed by atoms with Crippen molar-refractivity contribution in [1.29, 1.82) is 0 Å². The van der Waals surface area contributed by atoms with Gasteiger partial charge < -0.3 is 14.7 Å². The zero-order valence-electron chi connectivity index (χ0n) is 24.7. The molecule has 6 rings (SSSR count). The van der Waals surface area contributed by atoms with Crippen molar-refractivity contribution in [3.8, 4) is 0 Å². The first-order chi connectivity index (χ1) is 19.2. The van der Waals surface area contributed by atoms with Gasteiger partial charge in [0.25, 0.3) is 0 Å². The second kappa shape index (κ2) is 10.9. The van der Waals surface area contributed by atoms with E-state index >= 15 is 0 Å². The molecule has 1 aliphatic carbocycles. The van der Waals surface area contributed by atoms with Crippen LogP contribution in [-0.2, 0) is 27.6 Å². The van der Waals surface area contributed by atoms with Gasteiger partial charge in [0.05, 0.1) is 12.8 Å². The van der Waals surface area contributed by atoms with Gasteiger partial charge in [-0.1, -0.05) is 56.5 Å². The number of hydrogen-bond acceptors (Lipinski definition) is 5. The van der Waals surface area contributed by atoms with Crippen molar-refractivity contribution in [2.75, 3.05) is 7.11 Å². The van der Waals surface area contributed by atoms with E-state index in [1.165, 1.54) is 7.11 Å². The quantitative estimate of drug-likeness (QED) is 0.246. The number of ketones is 1. The van der Waals surface area contributed by atoms with E-state index in [2.05, 4.69) is 46.8 Å². The standard InChI is InChI=1S/C33H38N4O3.Ni/c1-8-19-15(3)22-12-24-17(5)21-10-11-28(38)30(31(21)36-24)32-29(33(39)40-7)18(6)25(37-32)14-27-20(9-2)16(4)23(35-27)13-26(19)34-22;/h12-15,17,19,21H,8-11H2,1-7H3,(H2,34,35,36,37,38,39);/q;+2/p-2/t15?,17-,19?,21-;/m0./s1. The molecule has 0 saturated heterocycles. The Morgan fingerprint density at radius 1 is 0.951 bits per heavy atom. The van der Waals surface area contributed by atoms with Crippen LogP contribution in [0, 0.1) is 13.8 Å². The maximum Gasteiger partial charge on any atom is 2.00 e. The van der Waals surface area contributed by atoms with Crippen molar-refractivity contribution in [2.45, 2.75) is 90.9 Å². The maximum atomic E-state index is 13.5. The Labute approximate surface area is 250 Å². The first kappa shape index (κ1) is 29.3. The molecule has 0 amide bonds. The Balaban J connectivity index is 0.00000337. The van der Waals surface area contributed by atoms with Gasteiger partial charge in [-0.15, -0.1) is 22.1 Å². The van der Waals surface area contributed by atoms with Crippen LogP contribution in [0.3, 0.4) is 0 Å². The van der Waals surface area contributed by atoms with E-state index < -0.39 is 5.97 Å². The molecule has 3 aliphatic rings. The van der Waals surface area contributed by atoms with Crippen molar-refractivity contribution in [3.63, 3.8) is 0 Å². The summed E-state index contributed by atoms with van der Waals surface area (Å²) in [5, 5.41) is 0. The molecule has 8 heteroatoms. The summed E-state index contributed by atoms with van der Waals surface area (Å²) in [6.45, 7) is 12.7. The molecule has 8 bridgehead atoms. The summed E-state index contributed by atoms with van der Waals surface area (Å²) in [6.07, 6.45) is 2.93. The number of nitrogens with zero attached hydrogens (tertiary/aromatic N) is 4. The molecule has 2 aliphatic heterocycles. The van der Waals surface area contributed by atoms with Crippen molar-refractivity contribution >= 4 is 33.8 Å². The molecule has 0 saturated carbocycles. The topological polar surface area (TPSA) is 97.4 Å². The fourth-order valence-electron chi connectivity index (χ4n) is 7.02. The van der Waals surface area contributed by atoms with Crippen LogP contribution in [0.2, 0.25) is 0 Å². The molecule has 7 nitrogen and oxygen atoms in total. The van der Waals surface area contributed by atoms with Crippen molar-refractivity contribution < 1.29 is 30.8 Å². The number of hydrogen-bond donors (Lipinski definition) is 0. The van der Waals surface area contributed by atoms with Gasteiger partial charge >= 0.3 is 22.5 Å². The average molecular weight is 595 g/mol. The predicted molar refractivity (Wildman–Crippen MR) is 155 cm³/mol. The second-order valence-corrected chi connectivity index (χ2v) is 11.5. The van der Waals surface area contributed by atoms with Gasteiger partial charge in [-0.2, -0.15) is 0 Å². The summed E-state index contributed by atoms with van der Waals surface area (Å²) in [6, 6.07) is 6.24. The van der Waals surface area contributed by atoms with E-state index in [0.29, 0.717) is 40.1 Å². The number of fused-ring (bicyclic) bond motifs is 8. The zero-order valence-corrected chi connectivity index (χ0v) is 25.7. The predicted octanol–water partition coefficient (Wildman–Crippen LogP) is 6.70. The second-order valence-electron chi connectivity index (χ2n) is 11.5. The fourth-order valence-corrected chi connectivity index (χ4v) is 7.02. The van der Waals surface area contributed by atoms with Crippen LogP contribution in [0.5, 0.6) is 0 Å². The monoisotopic (exact) mass is 594 g/mol. The molecular formula is C33H36N4NiO3. The van der Waals surface area contributed by atoms with Gasteiger partial charge in [-0.3, -0.25) is 14.8 Å². The van der Waals surface area contributed by atoms with E-state index in [9.17, 15) is 9.59 Å². The smallest absolute Gasteiger partial charge is 0.657 e. The summed E-state index contributed by atoms with van der Waals surface area (Å²) >= 11 is 0. The number of ether oxygens (including phenoxy) is 1. The Morgan fingerprint density at radius 2 is 1.66 bits per heavy atom. The normalized spacial score (nSPS) is 21.5. The summed E-state index contributed by atoms with van der Waals surface area (Å²) in [5.74, 6) is 0.247. The van der Waals surface area contributed by atoms with Crippen LogP contribution in [0.4, 0.5) is 0 Å². The number of methoxy groups -OCH3 is 1. The minimum atomic E-state index is -0.499. The van der Waals surface area contributed by atoms with E-state index in [4.69, 9.17) is 24.7 Å². The number of Topliss-reactive ketones (excluding diaryl/α,β-unsaturated/α-hetero) is 1. The summed E-state index contributed by atoms with van der Waals surface area (Å²) in [7, 11) is 1.36. The van der Waals surface area contributed by atoms with Crippen molar-refractivity contribution in [2.24, 2.45) is 0 Å². The molecule has 0 fully saturated rings. The van der Waals surface area contributed by atoms with E-state index in [1.54, 1.807) is 0 Å². The Hall–Kier alpha value is -3.25. The van der Waals surface area contributed by atoms with Crippen LogP contribution in [0.1, 0.15) is 131 Å². The summed E-state index contributed by atoms with van der Waals surface area (Å²) in [4.78, 5) is 46.9. The largest absolute Gasteiger partial charge is 2.00 e. The van der Waals surface area contributed by atoms with Crippen molar-refractivity contribution in [3.05, 3.63) is 68.8 Å². The molecule has 216 valence electrons. The van der Waals surface area contributed by atoms with Crippen LogP contribution in [0.25, 0.3) is 22.1 Å². The Morgan fingerprint density at radius 3 is 2.34 bits per heavy atom. The summed E-state index contributed by atoms with van der Waals surface area (Å²) < 4.78 is 5.19. The minimum absolute atomic E-state index is 0. The molecule has 0 N–H and O–H groups in total. The van der Waals surface area contributed by atoms with Crippen LogP contribution < -0.4 is 9.97 Å². The molecular weight excluding hydrogens is 559 g/mol. The molecule has 3 aromatic heterocycles. The van der Waals surface area contributed by atoms with Crippen LogP contribution >= 0.6 is 0 Å². The van der Waals surface area contributed by atoms with E-state index in [-0.39, 0.29) is 40.0 Å². The van der Waals surface area contributed by atoms with E-state index in [0.717, 1.165) is 64.2 Å². The third kappa shape index (κ3) is 4.46. The Bertz CT molecular complexity index is 1730. The molecule has 5 heterocycles. The maximum absolute atomic E-state index is 13.5. The van der Waals surface area contributed by atoms with Crippen LogP contribution in [-0.4, -0.2) is 28.8 Å². The number of carbonyl (C=O) groups excluding carboxylic acids is 2. The third-order valence-electron chi connectivity index (χ3n) is 9.49. The van der Waals surface area contributed by atoms with Crippen LogP contribution in [0.15, 0.2) is 18.2 Å². The molecule has 41 heavy (non-hydrogen) atoms. The average Bonchev–Trinajstić information content (AvgIpc) is 3.61. The third-order valence-corrected chi connectivity index (χ3v) is 9.49. The van der Waals surface area contributed by atoms with Gasteiger partial charge in [0.2, 0.25) is 0 Å². The molecule has 4 atom stereocenters. The number of aromatic nitrogens is 4. The van der Waals surface area contributed by atoms with Gasteiger partial charge in [0.15, 0.2) is 5.78 Å². The molecule has 0 radical (unpaired) electrons. The van der Waals surface area contributed by atoms with Gasteiger partial charge in [0.1, 0.15) is 0 Å².